The maximum absolute atomic E-state index is 11.0. The molecule has 0 radical (unpaired) electrons. The molecule has 1 aliphatic carbocycles. The van der Waals surface area contributed by atoms with Crippen molar-refractivity contribution >= 4 is 27.2 Å². The van der Waals surface area contributed by atoms with E-state index in [1.54, 1.807) is 16.8 Å². The summed E-state index contributed by atoms with van der Waals surface area (Å²) in [4.78, 5) is 8.90. The molecule has 5 atom stereocenters. The van der Waals surface area contributed by atoms with Crippen molar-refractivity contribution < 1.29 is 27.6 Å². The number of aliphatic hydroxyl groups is 2. The van der Waals surface area contributed by atoms with E-state index < -0.39 is 41.5 Å². The fourth-order valence-electron chi connectivity index (χ4n) is 4.40. The number of nitrogens with one attached hydrogen (secondary N) is 1. The number of ether oxygens (including phenoxy) is 1. The van der Waals surface area contributed by atoms with Crippen molar-refractivity contribution in [2.24, 2.45) is 5.14 Å². The standard InChI is InChI=1S/C20H23N5O6S/c21-32(28,29)30-9-15-17(26)18(27)20(31-15)25-10-23-16-14(25)7-8-22-19(16)24-13-6-5-11-3-1-2-4-12(11)13/h1-4,7-8,10,13,15,17-18,20,26-27H,5-6,9H2,(H,22,24)(H2,21,28,29)/t13-,15+,17+,18+,20+/m0/s1. The Morgan fingerprint density at radius 3 is 2.84 bits per heavy atom. The van der Waals surface area contributed by atoms with E-state index in [4.69, 9.17) is 9.88 Å². The van der Waals surface area contributed by atoms with Gasteiger partial charge in [-0.25, -0.2) is 15.1 Å². The second kappa shape index (κ2) is 8.06. The number of aromatic nitrogens is 3. The lowest BCUT2D eigenvalue weighted by atomic mass is 10.1. The predicted octanol–water partition coefficient (Wildman–Crippen LogP) is 0.370. The summed E-state index contributed by atoms with van der Waals surface area (Å²) in [6.07, 6.45) is 0.279. The molecule has 3 aromatic rings. The first-order valence-electron chi connectivity index (χ1n) is 10.2. The second-order valence-corrected chi connectivity index (χ2v) is 9.16. The Labute approximate surface area is 184 Å². The molecular weight excluding hydrogens is 438 g/mol. The number of nitrogens with two attached hydrogens (primary N) is 1. The van der Waals surface area contributed by atoms with Gasteiger partial charge >= 0.3 is 10.3 Å². The molecule has 5 rings (SSSR count). The number of aliphatic hydroxyl groups excluding tert-OH is 2. The van der Waals surface area contributed by atoms with Gasteiger partial charge in [-0.05, 0) is 30.0 Å². The SMILES string of the molecule is NS(=O)(=O)OC[C@H]1O[C@@H](n2cnc3c(N[C@H]4CCc5ccccc54)nccc32)[C@H](O)[C@@H]1O. The lowest BCUT2D eigenvalue weighted by molar-refractivity contribution is -0.0465. The topological polar surface area (TPSA) is 162 Å². The Bertz CT molecular complexity index is 1250. The van der Waals surface area contributed by atoms with Crippen molar-refractivity contribution in [1.82, 2.24) is 14.5 Å². The van der Waals surface area contributed by atoms with Gasteiger partial charge in [-0.3, -0.25) is 4.18 Å². The molecule has 5 N–H and O–H groups in total. The molecule has 1 saturated heterocycles. The number of fused-ring (bicyclic) bond motifs is 2. The smallest absolute Gasteiger partial charge is 0.333 e. The molecule has 1 aromatic carbocycles. The maximum Gasteiger partial charge on any atom is 0.333 e. The van der Waals surface area contributed by atoms with Gasteiger partial charge in [-0.1, -0.05) is 24.3 Å². The summed E-state index contributed by atoms with van der Waals surface area (Å²) in [7, 11) is -4.21. The van der Waals surface area contributed by atoms with E-state index in [1.807, 2.05) is 12.1 Å². The molecule has 11 nitrogen and oxygen atoms in total. The average Bonchev–Trinajstić information content (AvgIpc) is 3.44. The van der Waals surface area contributed by atoms with Gasteiger partial charge in [0.1, 0.15) is 23.8 Å². The minimum absolute atomic E-state index is 0.115. The van der Waals surface area contributed by atoms with E-state index in [0.717, 1.165) is 12.8 Å². The highest BCUT2D eigenvalue weighted by atomic mass is 32.2. The molecule has 12 heteroatoms. The van der Waals surface area contributed by atoms with Gasteiger partial charge in [0.25, 0.3) is 0 Å². The van der Waals surface area contributed by atoms with E-state index in [1.165, 1.54) is 17.5 Å². The zero-order valence-corrected chi connectivity index (χ0v) is 17.7. The molecular formula is C20H23N5O6S. The quantitative estimate of drug-likeness (QED) is 0.406. The van der Waals surface area contributed by atoms with Crippen LogP contribution >= 0.6 is 0 Å². The molecule has 0 unspecified atom stereocenters. The van der Waals surface area contributed by atoms with E-state index in [0.29, 0.717) is 16.9 Å². The van der Waals surface area contributed by atoms with Crippen LogP contribution in [0.1, 0.15) is 29.8 Å². The van der Waals surface area contributed by atoms with Gasteiger partial charge < -0.3 is 24.8 Å². The number of rotatable bonds is 6. The largest absolute Gasteiger partial charge is 0.387 e. The van der Waals surface area contributed by atoms with Crippen molar-refractivity contribution in [3.8, 4) is 0 Å². The normalized spacial score (nSPS) is 27.7. The first-order valence-corrected chi connectivity index (χ1v) is 11.6. The summed E-state index contributed by atoms with van der Waals surface area (Å²) in [6.45, 7) is -0.518. The fourth-order valence-corrected chi connectivity index (χ4v) is 4.72. The Morgan fingerprint density at radius 1 is 1.22 bits per heavy atom. The molecule has 3 heterocycles. The Balaban J connectivity index is 1.40. The summed E-state index contributed by atoms with van der Waals surface area (Å²) in [5, 5.41) is 29.1. The fraction of sp³-hybridized carbons (Fsp3) is 0.400. The van der Waals surface area contributed by atoms with Crippen molar-refractivity contribution in [3.63, 3.8) is 0 Å². The van der Waals surface area contributed by atoms with Crippen LogP contribution in [-0.2, 0) is 25.6 Å². The number of anilines is 1. The highest BCUT2D eigenvalue weighted by Crippen LogP contribution is 2.36. The van der Waals surface area contributed by atoms with Crippen LogP contribution in [0.15, 0.2) is 42.9 Å². The van der Waals surface area contributed by atoms with Crippen LogP contribution in [0, 0.1) is 0 Å². The molecule has 1 aliphatic heterocycles. The Kier molecular flexibility index (Phi) is 5.35. The molecule has 170 valence electrons. The zero-order valence-electron chi connectivity index (χ0n) is 16.9. The van der Waals surface area contributed by atoms with Gasteiger partial charge in [0.2, 0.25) is 0 Å². The molecule has 2 aromatic heterocycles. The molecule has 0 spiro atoms. The highest BCUT2D eigenvalue weighted by Gasteiger charge is 2.44. The van der Waals surface area contributed by atoms with Crippen molar-refractivity contribution in [2.75, 3.05) is 11.9 Å². The monoisotopic (exact) mass is 461 g/mol. The molecule has 0 saturated carbocycles. The average molecular weight is 462 g/mol. The van der Waals surface area contributed by atoms with Gasteiger partial charge in [0.05, 0.1) is 24.5 Å². The van der Waals surface area contributed by atoms with Crippen LogP contribution in [0.5, 0.6) is 0 Å². The van der Waals surface area contributed by atoms with E-state index >= 15 is 0 Å². The van der Waals surface area contributed by atoms with Crippen LogP contribution in [0.25, 0.3) is 11.0 Å². The Morgan fingerprint density at radius 2 is 2.03 bits per heavy atom. The minimum Gasteiger partial charge on any atom is -0.387 e. The summed E-state index contributed by atoms with van der Waals surface area (Å²) < 4.78 is 33.9. The first-order chi connectivity index (χ1) is 15.3. The first kappa shape index (κ1) is 21.2. The van der Waals surface area contributed by atoms with Crippen LogP contribution in [0.2, 0.25) is 0 Å². The molecule has 0 amide bonds. The van der Waals surface area contributed by atoms with E-state index in [-0.39, 0.29) is 6.04 Å². The number of hydrogen-bond acceptors (Lipinski definition) is 9. The molecule has 2 aliphatic rings. The third-order valence-corrected chi connectivity index (χ3v) is 6.41. The summed E-state index contributed by atoms with van der Waals surface area (Å²) in [5.74, 6) is 0.602. The number of imidazole rings is 1. The number of hydrogen-bond donors (Lipinski definition) is 4. The van der Waals surface area contributed by atoms with Gasteiger partial charge in [-0.2, -0.15) is 8.42 Å². The number of aryl methyl sites for hydroxylation is 1. The second-order valence-electron chi connectivity index (χ2n) is 7.94. The number of nitrogens with zero attached hydrogens (tertiary/aromatic N) is 3. The van der Waals surface area contributed by atoms with E-state index in [9.17, 15) is 18.6 Å². The lowest BCUT2D eigenvalue weighted by Gasteiger charge is -2.18. The van der Waals surface area contributed by atoms with Gasteiger partial charge in [0.15, 0.2) is 12.0 Å². The number of benzene rings is 1. The highest BCUT2D eigenvalue weighted by molar-refractivity contribution is 7.84. The van der Waals surface area contributed by atoms with Crippen LogP contribution in [0.3, 0.4) is 0 Å². The maximum atomic E-state index is 11.0. The minimum atomic E-state index is -4.21. The van der Waals surface area contributed by atoms with Crippen LogP contribution in [0.4, 0.5) is 5.82 Å². The summed E-state index contributed by atoms with van der Waals surface area (Å²) >= 11 is 0. The third-order valence-electron chi connectivity index (χ3n) is 5.94. The van der Waals surface area contributed by atoms with E-state index in [2.05, 4.69) is 31.6 Å². The van der Waals surface area contributed by atoms with Gasteiger partial charge in [-0.15, -0.1) is 0 Å². The van der Waals surface area contributed by atoms with Crippen molar-refractivity contribution in [2.45, 2.75) is 43.4 Å². The molecule has 0 bridgehead atoms. The molecule has 32 heavy (non-hydrogen) atoms. The third kappa shape index (κ3) is 3.85. The Hall–Kier alpha value is -2.61. The predicted molar refractivity (Wildman–Crippen MR) is 114 cm³/mol. The van der Waals surface area contributed by atoms with Crippen LogP contribution in [-0.4, -0.2) is 58.1 Å². The molecule has 1 fully saturated rings. The van der Waals surface area contributed by atoms with Crippen LogP contribution < -0.4 is 10.5 Å². The van der Waals surface area contributed by atoms with Crippen molar-refractivity contribution in [1.29, 1.82) is 0 Å². The van der Waals surface area contributed by atoms with Crippen molar-refractivity contribution in [3.05, 3.63) is 54.0 Å². The summed E-state index contributed by atoms with van der Waals surface area (Å²) in [6, 6.07) is 10.1. The summed E-state index contributed by atoms with van der Waals surface area (Å²) in [5.41, 5.74) is 3.78. The zero-order chi connectivity index (χ0) is 22.5. The number of pyridine rings is 1. The lowest BCUT2D eigenvalue weighted by Crippen LogP contribution is -2.35. The van der Waals surface area contributed by atoms with Gasteiger partial charge in [0, 0.05) is 6.20 Å².